The molecule has 0 fully saturated rings. The Kier molecular flexibility index (Phi) is 5.22. The molecule has 2 amide bonds. The van der Waals surface area contributed by atoms with Crippen LogP contribution in [0, 0.1) is 0 Å². The van der Waals surface area contributed by atoms with Crippen LogP contribution in [0.3, 0.4) is 0 Å². The molecule has 2 N–H and O–H groups in total. The van der Waals surface area contributed by atoms with Crippen LogP contribution in [0.25, 0.3) is 10.6 Å². The second kappa shape index (κ2) is 7.34. The molecule has 2 aromatic rings. The number of rotatable bonds is 4. The first-order valence-corrected chi connectivity index (χ1v) is 7.13. The van der Waals surface area contributed by atoms with Crippen molar-refractivity contribution in [1.82, 2.24) is 20.8 Å². The Labute approximate surface area is 125 Å². The predicted molar refractivity (Wildman–Crippen MR) is 77.3 cm³/mol. The molecule has 0 spiro atoms. The molecule has 110 valence electrons. The van der Waals surface area contributed by atoms with Crippen molar-refractivity contribution in [2.24, 2.45) is 0 Å². The maximum atomic E-state index is 11.6. The highest BCUT2D eigenvalue weighted by Crippen LogP contribution is 2.22. The molecule has 0 aliphatic rings. The van der Waals surface area contributed by atoms with Crippen molar-refractivity contribution < 1.29 is 14.3 Å². The Bertz CT molecular complexity index is 615. The van der Waals surface area contributed by atoms with Gasteiger partial charge < -0.3 is 4.74 Å². The second-order valence-electron chi connectivity index (χ2n) is 3.96. The fourth-order valence-corrected chi connectivity index (χ4v) is 2.32. The molecule has 0 bridgehead atoms. The fraction of sp³-hybridized carbons (Fsp3) is 0.231. The van der Waals surface area contributed by atoms with Gasteiger partial charge in [0.05, 0.1) is 18.7 Å². The molecule has 0 unspecified atom stereocenters. The predicted octanol–water partition coefficient (Wildman–Crippen LogP) is 1.52. The van der Waals surface area contributed by atoms with Crippen LogP contribution in [0.1, 0.15) is 12.6 Å². The molecule has 2 aromatic heterocycles. The zero-order chi connectivity index (χ0) is 15.1. The van der Waals surface area contributed by atoms with Crippen LogP contribution >= 0.6 is 11.3 Å². The van der Waals surface area contributed by atoms with Crippen LogP contribution in [0.2, 0.25) is 0 Å². The van der Waals surface area contributed by atoms with Crippen LogP contribution in [0.15, 0.2) is 29.9 Å². The Balaban J connectivity index is 1.88. The zero-order valence-corrected chi connectivity index (χ0v) is 12.1. The number of amides is 2. The van der Waals surface area contributed by atoms with E-state index in [0.717, 1.165) is 10.6 Å². The minimum Gasteiger partial charge on any atom is -0.449 e. The van der Waals surface area contributed by atoms with Gasteiger partial charge in [0.15, 0.2) is 0 Å². The van der Waals surface area contributed by atoms with Gasteiger partial charge in [-0.25, -0.2) is 15.2 Å². The third kappa shape index (κ3) is 4.53. The molecule has 0 aliphatic carbocycles. The van der Waals surface area contributed by atoms with E-state index < -0.39 is 6.09 Å². The fourth-order valence-electron chi connectivity index (χ4n) is 1.51. The molecule has 8 heteroatoms. The van der Waals surface area contributed by atoms with Gasteiger partial charge >= 0.3 is 6.09 Å². The van der Waals surface area contributed by atoms with Crippen molar-refractivity contribution in [2.75, 3.05) is 6.61 Å². The number of carbonyl (C=O) groups is 2. The summed E-state index contributed by atoms with van der Waals surface area (Å²) in [6.07, 6.45) is 2.78. The van der Waals surface area contributed by atoms with E-state index in [1.165, 1.54) is 11.3 Å². The van der Waals surface area contributed by atoms with Crippen molar-refractivity contribution in [2.45, 2.75) is 13.3 Å². The summed E-state index contributed by atoms with van der Waals surface area (Å²) in [5, 5.41) is 2.59. The number of hydrogen-bond donors (Lipinski definition) is 2. The molecule has 0 aromatic carbocycles. The summed E-state index contributed by atoms with van der Waals surface area (Å²) in [6, 6.07) is 3.73. The monoisotopic (exact) mass is 306 g/mol. The first-order valence-electron chi connectivity index (χ1n) is 6.25. The SMILES string of the molecule is CCOC(=O)NNC(=O)Cc1csc(-c2cccnc2)n1. The van der Waals surface area contributed by atoms with Gasteiger partial charge in [-0.1, -0.05) is 0 Å². The Morgan fingerprint density at radius 2 is 2.24 bits per heavy atom. The molecule has 0 radical (unpaired) electrons. The lowest BCUT2D eigenvalue weighted by Crippen LogP contribution is -2.42. The third-order valence-corrected chi connectivity index (χ3v) is 3.32. The molecule has 21 heavy (non-hydrogen) atoms. The molecule has 2 heterocycles. The number of pyridine rings is 1. The van der Waals surface area contributed by atoms with Gasteiger partial charge in [0, 0.05) is 23.3 Å². The van der Waals surface area contributed by atoms with Crippen molar-refractivity contribution in [3.63, 3.8) is 0 Å². The molecule has 0 saturated carbocycles. The summed E-state index contributed by atoms with van der Waals surface area (Å²) in [6.45, 7) is 1.92. The first kappa shape index (κ1) is 14.9. The Morgan fingerprint density at radius 1 is 1.38 bits per heavy atom. The summed E-state index contributed by atoms with van der Waals surface area (Å²) in [4.78, 5) is 31.0. The van der Waals surface area contributed by atoms with Crippen molar-refractivity contribution in [3.05, 3.63) is 35.6 Å². The highest BCUT2D eigenvalue weighted by Gasteiger charge is 2.10. The minimum atomic E-state index is -0.694. The summed E-state index contributed by atoms with van der Waals surface area (Å²) in [7, 11) is 0. The topological polar surface area (TPSA) is 93.2 Å². The van der Waals surface area contributed by atoms with Crippen molar-refractivity contribution in [3.8, 4) is 10.6 Å². The molecular weight excluding hydrogens is 292 g/mol. The van der Waals surface area contributed by atoms with E-state index in [1.54, 1.807) is 24.7 Å². The van der Waals surface area contributed by atoms with E-state index in [4.69, 9.17) is 0 Å². The number of carbonyl (C=O) groups excluding carboxylic acids is 2. The van der Waals surface area contributed by atoms with E-state index in [2.05, 4.69) is 25.6 Å². The maximum absolute atomic E-state index is 11.6. The Morgan fingerprint density at radius 3 is 2.95 bits per heavy atom. The molecule has 2 rings (SSSR count). The minimum absolute atomic E-state index is 0.0726. The lowest BCUT2D eigenvalue weighted by molar-refractivity contribution is -0.121. The van der Waals surface area contributed by atoms with E-state index in [-0.39, 0.29) is 18.9 Å². The number of nitrogens with zero attached hydrogens (tertiary/aromatic N) is 2. The molecule has 0 atom stereocenters. The maximum Gasteiger partial charge on any atom is 0.426 e. The summed E-state index contributed by atoms with van der Waals surface area (Å²) >= 11 is 1.43. The average molecular weight is 306 g/mol. The van der Waals surface area contributed by atoms with Crippen LogP contribution in [0.4, 0.5) is 4.79 Å². The quantitative estimate of drug-likeness (QED) is 0.835. The normalized spacial score (nSPS) is 9.95. The van der Waals surface area contributed by atoms with Crippen molar-refractivity contribution >= 4 is 23.3 Å². The standard InChI is InChI=1S/C13H14N4O3S/c1-2-20-13(19)17-16-11(18)6-10-8-21-12(15-10)9-4-3-5-14-7-9/h3-5,7-8H,2,6H2,1H3,(H,16,18)(H,17,19). The number of aromatic nitrogens is 2. The van der Waals surface area contributed by atoms with Gasteiger partial charge in [-0.05, 0) is 19.1 Å². The van der Waals surface area contributed by atoms with E-state index >= 15 is 0 Å². The van der Waals surface area contributed by atoms with E-state index in [9.17, 15) is 9.59 Å². The highest BCUT2D eigenvalue weighted by atomic mass is 32.1. The van der Waals surface area contributed by atoms with Crippen LogP contribution < -0.4 is 10.9 Å². The first-order chi connectivity index (χ1) is 10.2. The highest BCUT2D eigenvalue weighted by molar-refractivity contribution is 7.13. The number of hydrazine groups is 1. The van der Waals surface area contributed by atoms with Crippen LogP contribution in [0.5, 0.6) is 0 Å². The van der Waals surface area contributed by atoms with Gasteiger partial charge in [0.25, 0.3) is 0 Å². The summed E-state index contributed by atoms with van der Waals surface area (Å²) < 4.78 is 4.62. The number of nitrogens with one attached hydrogen (secondary N) is 2. The third-order valence-electron chi connectivity index (χ3n) is 2.38. The van der Waals surface area contributed by atoms with Gasteiger partial charge in [-0.2, -0.15) is 0 Å². The molecular formula is C13H14N4O3S. The van der Waals surface area contributed by atoms with Crippen molar-refractivity contribution in [1.29, 1.82) is 0 Å². The average Bonchev–Trinajstić information content (AvgIpc) is 2.95. The van der Waals surface area contributed by atoms with Gasteiger partial charge in [0.2, 0.25) is 5.91 Å². The van der Waals surface area contributed by atoms with E-state index in [0.29, 0.717) is 5.69 Å². The van der Waals surface area contributed by atoms with Crippen LogP contribution in [-0.2, 0) is 16.0 Å². The summed E-state index contributed by atoms with van der Waals surface area (Å²) in [5.74, 6) is -0.369. The molecule has 0 aliphatic heterocycles. The number of thiazole rings is 1. The van der Waals surface area contributed by atoms with Gasteiger partial charge in [-0.15, -0.1) is 11.3 Å². The zero-order valence-electron chi connectivity index (χ0n) is 11.3. The van der Waals surface area contributed by atoms with Gasteiger partial charge in [0.1, 0.15) is 5.01 Å². The van der Waals surface area contributed by atoms with Gasteiger partial charge in [-0.3, -0.25) is 15.2 Å². The smallest absolute Gasteiger partial charge is 0.426 e. The second-order valence-corrected chi connectivity index (χ2v) is 4.81. The number of ether oxygens (including phenoxy) is 1. The van der Waals surface area contributed by atoms with E-state index in [1.807, 2.05) is 12.1 Å². The summed E-state index contributed by atoms with van der Waals surface area (Å²) in [5.41, 5.74) is 5.93. The lowest BCUT2D eigenvalue weighted by atomic mass is 10.3. The lowest BCUT2D eigenvalue weighted by Gasteiger charge is -2.05. The Hall–Kier alpha value is -2.48. The number of hydrogen-bond acceptors (Lipinski definition) is 6. The molecule has 7 nitrogen and oxygen atoms in total. The van der Waals surface area contributed by atoms with Crippen LogP contribution in [-0.4, -0.2) is 28.6 Å². The molecule has 0 saturated heterocycles. The largest absolute Gasteiger partial charge is 0.449 e.